The Balaban J connectivity index is 1.96. The zero-order chi connectivity index (χ0) is 19.1. The number of carboxylic acid groups (broad SMARTS) is 1. The predicted molar refractivity (Wildman–Crippen MR) is 86.9 cm³/mol. The van der Waals surface area contributed by atoms with Crippen LogP contribution < -0.4 is 9.64 Å². The number of carbonyl (C=O) groups excluding carboxylic acids is 1. The van der Waals surface area contributed by atoms with Gasteiger partial charge in [-0.05, 0) is 42.0 Å². The van der Waals surface area contributed by atoms with E-state index in [1.54, 1.807) is 0 Å². The Hall–Kier alpha value is -3.29. The summed E-state index contributed by atoms with van der Waals surface area (Å²) in [5.41, 5.74) is -0.0818. The summed E-state index contributed by atoms with van der Waals surface area (Å²) in [6, 6.07) is 8.32. The number of ether oxygens (including phenoxy) is 1. The van der Waals surface area contributed by atoms with Gasteiger partial charge in [0.2, 0.25) is 0 Å². The number of aromatic carboxylic acids is 1. The predicted octanol–water partition coefficient (Wildman–Crippen LogP) is 3.80. The maximum Gasteiger partial charge on any atom is 0.416 e. The molecule has 0 aromatic heterocycles. The number of likely N-dealkylation sites (N-methyl/N-ethyl adjacent to an activating group) is 1. The first kappa shape index (κ1) is 17.5. The molecule has 0 radical (unpaired) electrons. The molecule has 5 nitrogen and oxygen atoms in total. The number of hydrogen-bond acceptors (Lipinski definition) is 3. The molecule has 1 amide bonds. The summed E-state index contributed by atoms with van der Waals surface area (Å²) in [6.07, 6.45) is -3.15. The summed E-state index contributed by atoms with van der Waals surface area (Å²) in [4.78, 5) is 24.7. The molecule has 3 rings (SSSR count). The highest BCUT2D eigenvalue weighted by Gasteiger charge is 2.31. The number of hydrogen-bond donors (Lipinski definition) is 1. The van der Waals surface area contributed by atoms with Gasteiger partial charge in [-0.3, -0.25) is 4.79 Å². The number of carbonyl (C=O) groups is 2. The van der Waals surface area contributed by atoms with Crippen molar-refractivity contribution in [3.8, 4) is 5.75 Å². The average Bonchev–Trinajstić information content (AvgIpc) is 2.58. The van der Waals surface area contributed by atoms with Crippen molar-refractivity contribution >= 4 is 23.6 Å². The molecule has 8 heteroatoms. The monoisotopic (exact) mass is 363 g/mol. The van der Waals surface area contributed by atoms with Crippen molar-refractivity contribution in [3.05, 3.63) is 64.9 Å². The molecule has 1 heterocycles. The van der Waals surface area contributed by atoms with Crippen LogP contribution >= 0.6 is 0 Å². The quantitative estimate of drug-likeness (QED) is 0.825. The van der Waals surface area contributed by atoms with Gasteiger partial charge in [0.1, 0.15) is 0 Å². The van der Waals surface area contributed by atoms with E-state index in [9.17, 15) is 22.8 Å². The van der Waals surface area contributed by atoms with Crippen molar-refractivity contribution in [2.75, 3.05) is 11.9 Å². The fourth-order valence-electron chi connectivity index (χ4n) is 2.45. The molecule has 1 aliphatic rings. The Morgan fingerprint density at radius 2 is 1.81 bits per heavy atom. The van der Waals surface area contributed by atoms with Crippen LogP contribution in [0.5, 0.6) is 5.75 Å². The first-order valence-electron chi connectivity index (χ1n) is 7.39. The third kappa shape index (κ3) is 3.26. The van der Waals surface area contributed by atoms with Crippen LogP contribution in [0, 0.1) is 0 Å². The number of amides is 1. The minimum absolute atomic E-state index is 0.0135. The number of rotatable bonds is 2. The summed E-state index contributed by atoms with van der Waals surface area (Å²) >= 11 is 0. The Kier molecular flexibility index (Phi) is 4.19. The van der Waals surface area contributed by atoms with E-state index >= 15 is 0 Å². The average molecular weight is 363 g/mol. The molecular weight excluding hydrogens is 351 g/mol. The molecule has 0 bridgehead atoms. The number of alkyl halides is 3. The second-order valence-corrected chi connectivity index (χ2v) is 5.58. The summed E-state index contributed by atoms with van der Waals surface area (Å²) < 4.78 is 43.3. The molecule has 0 fully saturated rings. The molecule has 134 valence electrons. The highest BCUT2D eigenvalue weighted by Crippen LogP contribution is 2.36. The summed E-state index contributed by atoms with van der Waals surface area (Å²) in [6.45, 7) is 0. The molecule has 0 unspecified atom stereocenters. The SMILES string of the molecule is CN1C(=O)C(=Cc2ccc(C(F)(F)F)cc2)Oc2cc(C(=O)O)ccc21. The standard InChI is InChI=1S/C18H12F3NO4/c1-22-13-7-4-11(17(24)25)9-14(13)26-15(16(22)23)8-10-2-5-12(6-3-10)18(19,20)21/h2-9H,1H3,(H,24,25). The van der Waals surface area contributed by atoms with Gasteiger partial charge in [0.05, 0.1) is 16.8 Å². The second kappa shape index (κ2) is 6.21. The highest BCUT2D eigenvalue weighted by molar-refractivity contribution is 6.09. The van der Waals surface area contributed by atoms with Gasteiger partial charge in [-0.25, -0.2) is 4.79 Å². The first-order valence-corrected chi connectivity index (χ1v) is 7.39. The lowest BCUT2D eigenvalue weighted by molar-refractivity contribution is -0.137. The fourth-order valence-corrected chi connectivity index (χ4v) is 2.45. The van der Waals surface area contributed by atoms with E-state index in [4.69, 9.17) is 9.84 Å². The van der Waals surface area contributed by atoms with Crippen LogP contribution in [0.15, 0.2) is 48.2 Å². The van der Waals surface area contributed by atoms with Gasteiger partial charge in [-0.2, -0.15) is 13.2 Å². The van der Waals surface area contributed by atoms with Crippen LogP contribution in [0.2, 0.25) is 0 Å². The number of benzene rings is 2. The van der Waals surface area contributed by atoms with Gasteiger partial charge in [0, 0.05) is 7.05 Å². The summed E-state index contributed by atoms with van der Waals surface area (Å²) in [5.74, 6) is -1.60. The van der Waals surface area contributed by atoms with Crippen LogP contribution in [0.25, 0.3) is 6.08 Å². The lowest BCUT2D eigenvalue weighted by atomic mass is 10.1. The van der Waals surface area contributed by atoms with Crippen molar-refractivity contribution in [1.82, 2.24) is 0 Å². The Labute approximate surface area is 145 Å². The maximum atomic E-state index is 12.6. The molecular formula is C18H12F3NO4. The molecule has 0 atom stereocenters. The fraction of sp³-hybridized carbons (Fsp3) is 0.111. The van der Waals surface area contributed by atoms with Crippen molar-refractivity contribution in [1.29, 1.82) is 0 Å². The van der Waals surface area contributed by atoms with Crippen molar-refractivity contribution in [2.45, 2.75) is 6.18 Å². The number of carboxylic acids is 1. The van der Waals surface area contributed by atoms with Crippen molar-refractivity contribution in [2.24, 2.45) is 0 Å². The van der Waals surface area contributed by atoms with Gasteiger partial charge in [0.25, 0.3) is 5.91 Å². The third-order valence-corrected chi connectivity index (χ3v) is 3.84. The Morgan fingerprint density at radius 3 is 2.38 bits per heavy atom. The second-order valence-electron chi connectivity index (χ2n) is 5.58. The summed E-state index contributed by atoms with van der Waals surface area (Å²) in [7, 11) is 1.49. The number of fused-ring (bicyclic) bond motifs is 1. The van der Waals surface area contributed by atoms with Gasteiger partial charge in [0.15, 0.2) is 11.5 Å². The highest BCUT2D eigenvalue weighted by atomic mass is 19.4. The molecule has 0 aliphatic carbocycles. The molecule has 0 saturated carbocycles. The van der Waals surface area contributed by atoms with E-state index in [1.165, 1.54) is 48.4 Å². The maximum absolute atomic E-state index is 12.6. The van der Waals surface area contributed by atoms with E-state index in [0.717, 1.165) is 12.1 Å². The number of nitrogens with zero attached hydrogens (tertiary/aromatic N) is 1. The van der Waals surface area contributed by atoms with Gasteiger partial charge < -0.3 is 14.7 Å². The normalized spacial score (nSPS) is 15.6. The lowest BCUT2D eigenvalue weighted by Crippen LogP contribution is -2.34. The Bertz CT molecular complexity index is 917. The van der Waals surface area contributed by atoms with E-state index in [-0.39, 0.29) is 17.1 Å². The minimum atomic E-state index is -4.45. The largest absolute Gasteiger partial charge is 0.478 e. The molecule has 1 aliphatic heterocycles. The summed E-state index contributed by atoms with van der Waals surface area (Å²) in [5, 5.41) is 9.05. The van der Waals surface area contributed by atoms with E-state index < -0.39 is 23.6 Å². The lowest BCUT2D eigenvalue weighted by Gasteiger charge is -2.27. The minimum Gasteiger partial charge on any atom is -0.478 e. The number of anilines is 1. The van der Waals surface area contributed by atoms with Crippen LogP contribution in [-0.2, 0) is 11.0 Å². The molecule has 0 saturated heterocycles. The van der Waals surface area contributed by atoms with Crippen LogP contribution in [-0.4, -0.2) is 24.0 Å². The smallest absolute Gasteiger partial charge is 0.416 e. The molecule has 2 aromatic carbocycles. The van der Waals surface area contributed by atoms with Gasteiger partial charge in [-0.15, -0.1) is 0 Å². The Morgan fingerprint density at radius 1 is 1.15 bits per heavy atom. The molecule has 26 heavy (non-hydrogen) atoms. The van der Waals surface area contributed by atoms with Crippen molar-refractivity contribution in [3.63, 3.8) is 0 Å². The topological polar surface area (TPSA) is 66.8 Å². The van der Waals surface area contributed by atoms with Gasteiger partial charge >= 0.3 is 12.1 Å². The van der Waals surface area contributed by atoms with Crippen LogP contribution in [0.1, 0.15) is 21.5 Å². The number of halogens is 3. The third-order valence-electron chi connectivity index (χ3n) is 3.84. The van der Waals surface area contributed by atoms with Crippen molar-refractivity contribution < 1.29 is 32.6 Å². The van der Waals surface area contributed by atoms with E-state index in [1.807, 2.05) is 0 Å². The zero-order valence-electron chi connectivity index (χ0n) is 13.4. The van der Waals surface area contributed by atoms with Crippen LogP contribution in [0.3, 0.4) is 0 Å². The van der Waals surface area contributed by atoms with Crippen LogP contribution in [0.4, 0.5) is 18.9 Å². The first-order chi connectivity index (χ1) is 12.2. The van der Waals surface area contributed by atoms with E-state index in [2.05, 4.69) is 0 Å². The van der Waals surface area contributed by atoms with Gasteiger partial charge in [-0.1, -0.05) is 12.1 Å². The molecule has 0 spiro atoms. The zero-order valence-corrected chi connectivity index (χ0v) is 13.4. The van der Waals surface area contributed by atoms with E-state index in [0.29, 0.717) is 11.3 Å². The molecule has 2 aromatic rings. The molecule has 1 N–H and O–H groups in total.